The lowest BCUT2D eigenvalue weighted by Crippen LogP contribution is -2.26. The zero-order chi connectivity index (χ0) is 15.6. The fourth-order valence-electron chi connectivity index (χ4n) is 1.73. The maximum absolute atomic E-state index is 12.3. The molecule has 8 heteroatoms. The Labute approximate surface area is 131 Å². The number of nitrogens with one attached hydrogen (secondary N) is 1. The first kappa shape index (κ1) is 16.0. The highest BCUT2D eigenvalue weighted by Gasteiger charge is 2.23. The van der Waals surface area contributed by atoms with Gasteiger partial charge in [-0.25, -0.2) is 17.9 Å². The number of hydrogen-bond donors (Lipinski definition) is 2. The van der Waals surface area contributed by atoms with E-state index in [-0.39, 0.29) is 15.5 Å². The van der Waals surface area contributed by atoms with E-state index in [1.165, 1.54) is 23.5 Å². The predicted octanol–water partition coefficient (Wildman–Crippen LogP) is 3.14. The van der Waals surface area contributed by atoms with Crippen LogP contribution in [0.2, 0.25) is 5.02 Å². The first-order chi connectivity index (χ1) is 9.81. The fraction of sp³-hybridized carbons (Fsp3) is 0.154. The van der Waals surface area contributed by atoms with Crippen LogP contribution in [0.15, 0.2) is 40.6 Å². The quantitative estimate of drug-likeness (QED) is 0.872. The smallest absolute Gasteiger partial charge is 0.335 e. The highest BCUT2D eigenvalue weighted by Crippen LogP contribution is 2.26. The van der Waals surface area contributed by atoms with Crippen molar-refractivity contribution in [2.45, 2.75) is 17.9 Å². The topological polar surface area (TPSA) is 83.5 Å². The summed E-state index contributed by atoms with van der Waals surface area (Å²) < 4.78 is 27.2. The molecule has 1 aromatic heterocycles. The molecule has 1 aromatic carbocycles. The van der Waals surface area contributed by atoms with Gasteiger partial charge in [-0.1, -0.05) is 17.7 Å². The van der Waals surface area contributed by atoms with Gasteiger partial charge in [0.2, 0.25) is 10.0 Å². The summed E-state index contributed by atoms with van der Waals surface area (Å²) in [5, 5.41) is 10.8. The number of halogens is 1. The second kappa shape index (κ2) is 6.15. The van der Waals surface area contributed by atoms with Gasteiger partial charge in [-0.3, -0.25) is 0 Å². The lowest BCUT2D eigenvalue weighted by molar-refractivity contribution is 0.0696. The molecule has 5 nitrogen and oxygen atoms in total. The van der Waals surface area contributed by atoms with Crippen LogP contribution < -0.4 is 4.72 Å². The van der Waals surface area contributed by atoms with Gasteiger partial charge < -0.3 is 5.11 Å². The van der Waals surface area contributed by atoms with Crippen LogP contribution in [0.25, 0.3) is 0 Å². The van der Waals surface area contributed by atoms with Gasteiger partial charge in [-0.15, -0.1) is 11.3 Å². The van der Waals surface area contributed by atoms with Crippen LogP contribution in [0, 0.1) is 0 Å². The first-order valence-corrected chi connectivity index (χ1v) is 8.64. The van der Waals surface area contributed by atoms with Crippen molar-refractivity contribution in [2.75, 3.05) is 0 Å². The van der Waals surface area contributed by atoms with E-state index in [4.69, 9.17) is 16.7 Å². The Morgan fingerprint density at radius 3 is 2.67 bits per heavy atom. The average molecular weight is 346 g/mol. The molecule has 0 aliphatic carbocycles. The van der Waals surface area contributed by atoms with Crippen molar-refractivity contribution in [1.29, 1.82) is 0 Å². The van der Waals surface area contributed by atoms with E-state index < -0.39 is 22.0 Å². The van der Waals surface area contributed by atoms with Crippen LogP contribution >= 0.6 is 22.9 Å². The number of thiophene rings is 1. The normalized spacial score (nSPS) is 13.0. The summed E-state index contributed by atoms with van der Waals surface area (Å²) in [4.78, 5) is 11.6. The first-order valence-electron chi connectivity index (χ1n) is 5.90. The molecule has 2 aromatic rings. The number of carboxylic acid groups (broad SMARTS) is 1. The Balaban J connectivity index is 2.35. The van der Waals surface area contributed by atoms with Gasteiger partial charge >= 0.3 is 5.97 Å². The minimum atomic E-state index is -3.91. The monoisotopic (exact) mass is 345 g/mol. The van der Waals surface area contributed by atoms with Crippen molar-refractivity contribution in [1.82, 2.24) is 4.72 Å². The third kappa shape index (κ3) is 3.62. The van der Waals surface area contributed by atoms with Crippen molar-refractivity contribution in [3.63, 3.8) is 0 Å². The number of carbonyl (C=O) groups is 1. The minimum Gasteiger partial charge on any atom is -0.478 e. The summed E-state index contributed by atoms with van der Waals surface area (Å²) in [6, 6.07) is 6.77. The molecule has 0 unspecified atom stereocenters. The molecule has 2 N–H and O–H groups in total. The molecular formula is C13H12ClNO4S2. The van der Waals surface area contributed by atoms with Crippen LogP contribution in [-0.4, -0.2) is 19.5 Å². The molecule has 2 rings (SSSR count). The van der Waals surface area contributed by atoms with Crippen LogP contribution in [-0.2, 0) is 10.0 Å². The van der Waals surface area contributed by atoms with E-state index in [2.05, 4.69) is 4.72 Å². The van der Waals surface area contributed by atoms with Crippen molar-refractivity contribution < 1.29 is 18.3 Å². The molecule has 0 radical (unpaired) electrons. The molecule has 0 saturated heterocycles. The second-order valence-corrected chi connectivity index (χ2v) is 7.38. The molecule has 0 amide bonds. The van der Waals surface area contributed by atoms with Gasteiger partial charge in [0.25, 0.3) is 0 Å². The molecule has 1 atom stereocenters. The summed E-state index contributed by atoms with van der Waals surface area (Å²) >= 11 is 7.31. The SMILES string of the molecule is C[C@@H](NS(=O)(=O)c1cc(C(=O)O)ccc1Cl)c1cccs1. The minimum absolute atomic E-state index is 0.0223. The third-order valence-corrected chi connectivity index (χ3v) is 5.85. The summed E-state index contributed by atoms with van der Waals surface area (Å²) in [7, 11) is -3.91. The molecule has 0 aliphatic heterocycles. The van der Waals surface area contributed by atoms with Gasteiger partial charge in [0.1, 0.15) is 4.90 Å². The molecule has 0 aliphatic rings. The van der Waals surface area contributed by atoms with Gasteiger partial charge in [-0.2, -0.15) is 0 Å². The number of aromatic carboxylic acids is 1. The summed E-state index contributed by atoms with van der Waals surface area (Å²) in [5.41, 5.74) is -0.136. The largest absolute Gasteiger partial charge is 0.478 e. The van der Waals surface area contributed by atoms with E-state index in [1.54, 1.807) is 6.92 Å². The predicted molar refractivity (Wildman–Crippen MR) is 81.5 cm³/mol. The lowest BCUT2D eigenvalue weighted by Gasteiger charge is -2.14. The number of rotatable bonds is 5. The number of sulfonamides is 1. The van der Waals surface area contributed by atoms with Gasteiger partial charge in [-0.05, 0) is 36.6 Å². The summed E-state index contributed by atoms with van der Waals surface area (Å²) in [6.07, 6.45) is 0. The van der Waals surface area contributed by atoms with Gasteiger partial charge in [0, 0.05) is 4.88 Å². The second-order valence-electron chi connectivity index (χ2n) is 4.31. The van der Waals surface area contributed by atoms with Crippen molar-refractivity contribution in [3.8, 4) is 0 Å². The number of hydrogen-bond acceptors (Lipinski definition) is 4. The molecule has 112 valence electrons. The van der Waals surface area contributed by atoms with E-state index in [9.17, 15) is 13.2 Å². The standard InChI is InChI=1S/C13H12ClNO4S2/c1-8(11-3-2-6-20-11)15-21(18,19)12-7-9(13(16)17)4-5-10(12)14/h2-8,15H,1H3,(H,16,17)/t8-/m1/s1. The fourth-order valence-corrected chi connectivity index (χ4v) is 4.29. The Bertz CT molecular complexity index is 756. The van der Waals surface area contributed by atoms with E-state index in [0.717, 1.165) is 10.9 Å². The zero-order valence-corrected chi connectivity index (χ0v) is 13.3. The Morgan fingerprint density at radius 1 is 1.38 bits per heavy atom. The number of benzene rings is 1. The van der Waals surface area contributed by atoms with Crippen molar-refractivity contribution >= 4 is 38.9 Å². The van der Waals surface area contributed by atoms with Crippen molar-refractivity contribution in [3.05, 3.63) is 51.2 Å². The third-order valence-electron chi connectivity index (χ3n) is 2.77. The molecule has 0 bridgehead atoms. The molecule has 0 spiro atoms. The summed E-state index contributed by atoms with van der Waals surface area (Å²) in [6.45, 7) is 1.71. The highest BCUT2D eigenvalue weighted by atomic mass is 35.5. The van der Waals surface area contributed by atoms with Gasteiger partial charge in [0.05, 0.1) is 16.6 Å². The average Bonchev–Trinajstić information content (AvgIpc) is 2.92. The van der Waals surface area contributed by atoms with Gasteiger partial charge in [0.15, 0.2) is 0 Å². The maximum atomic E-state index is 12.3. The van der Waals surface area contributed by atoms with Crippen LogP contribution in [0.4, 0.5) is 0 Å². The van der Waals surface area contributed by atoms with Crippen LogP contribution in [0.5, 0.6) is 0 Å². The lowest BCUT2D eigenvalue weighted by atomic mass is 10.2. The molecule has 1 heterocycles. The Kier molecular flexibility index (Phi) is 4.67. The Morgan fingerprint density at radius 2 is 2.10 bits per heavy atom. The highest BCUT2D eigenvalue weighted by molar-refractivity contribution is 7.89. The maximum Gasteiger partial charge on any atom is 0.335 e. The van der Waals surface area contributed by atoms with E-state index in [1.807, 2.05) is 17.5 Å². The van der Waals surface area contributed by atoms with Crippen molar-refractivity contribution in [2.24, 2.45) is 0 Å². The van der Waals surface area contributed by atoms with E-state index >= 15 is 0 Å². The van der Waals surface area contributed by atoms with Crippen LogP contribution in [0.1, 0.15) is 28.2 Å². The van der Waals surface area contributed by atoms with E-state index in [0.29, 0.717) is 0 Å². The molecule has 0 fully saturated rings. The molecule has 0 saturated carbocycles. The van der Waals surface area contributed by atoms with Crippen LogP contribution in [0.3, 0.4) is 0 Å². The zero-order valence-electron chi connectivity index (χ0n) is 10.9. The molecule has 21 heavy (non-hydrogen) atoms. The summed E-state index contributed by atoms with van der Waals surface area (Å²) in [5.74, 6) is -1.21. The Hall–Kier alpha value is -1.41. The molecular weight excluding hydrogens is 334 g/mol. The number of carboxylic acids is 1.